The highest BCUT2D eigenvalue weighted by Gasteiger charge is 2.33. The van der Waals surface area contributed by atoms with E-state index in [0.29, 0.717) is 33.9 Å². The van der Waals surface area contributed by atoms with Crippen LogP contribution in [0.5, 0.6) is 11.5 Å². The van der Waals surface area contributed by atoms with Crippen LogP contribution in [-0.4, -0.2) is 16.8 Å². The minimum absolute atomic E-state index is 0.122. The van der Waals surface area contributed by atoms with Crippen LogP contribution in [0.3, 0.4) is 0 Å². The van der Waals surface area contributed by atoms with Crippen molar-refractivity contribution in [2.75, 3.05) is 11.5 Å². The van der Waals surface area contributed by atoms with E-state index < -0.39 is 0 Å². The Bertz CT molecular complexity index is 1110. The molecule has 0 saturated carbocycles. The number of hydrogen-bond donors (Lipinski definition) is 0. The number of carbonyl (C=O) groups is 1. The molecule has 1 aliphatic heterocycles. The minimum Gasteiger partial charge on any atom is -0.490 e. The molecular weight excluding hydrogens is 426 g/mol. The Morgan fingerprint density at radius 2 is 1.65 bits per heavy atom. The maximum Gasteiger partial charge on any atom is 0.270 e. The predicted octanol–water partition coefficient (Wildman–Crippen LogP) is 6.07. The molecule has 0 spiro atoms. The van der Waals surface area contributed by atoms with E-state index in [9.17, 15) is 4.79 Å². The van der Waals surface area contributed by atoms with E-state index in [1.165, 1.54) is 11.8 Å². The second-order valence-electron chi connectivity index (χ2n) is 6.77. The fraction of sp³-hybridized carbons (Fsp3) is 0.120. The summed E-state index contributed by atoms with van der Waals surface area (Å²) in [5, 5.41) is 0. The normalized spacial score (nSPS) is 14.9. The van der Waals surface area contributed by atoms with Gasteiger partial charge in [0.15, 0.2) is 15.8 Å². The molecule has 4 nitrogen and oxygen atoms in total. The van der Waals surface area contributed by atoms with E-state index >= 15 is 0 Å². The lowest BCUT2D eigenvalue weighted by Gasteiger charge is -2.14. The maximum atomic E-state index is 13.0. The van der Waals surface area contributed by atoms with Gasteiger partial charge in [-0.15, -0.1) is 0 Å². The molecule has 0 atom stereocenters. The van der Waals surface area contributed by atoms with Gasteiger partial charge >= 0.3 is 0 Å². The number of benzene rings is 3. The molecule has 4 rings (SSSR count). The van der Waals surface area contributed by atoms with E-state index in [0.717, 1.165) is 16.8 Å². The van der Waals surface area contributed by atoms with Crippen LogP contribution in [0.25, 0.3) is 6.08 Å². The quantitative estimate of drug-likeness (QED) is 0.325. The summed E-state index contributed by atoms with van der Waals surface area (Å²) in [6, 6.07) is 25.1. The number of rotatable bonds is 7. The van der Waals surface area contributed by atoms with Crippen molar-refractivity contribution in [1.29, 1.82) is 0 Å². The molecule has 1 saturated heterocycles. The number of thioether (sulfide) groups is 1. The van der Waals surface area contributed by atoms with Gasteiger partial charge in [-0.1, -0.05) is 78.6 Å². The topological polar surface area (TPSA) is 38.8 Å². The van der Waals surface area contributed by atoms with Crippen molar-refractivity contribution in [2.24, 2.45) is 0 Å². The molecule has 1 fully saturated rings. The van der Waals surface area contributed by atoms with Gasteiger partial charge in [0.2, 0.25) is 0 Å². The van der Waals surface area contributed by atoms with Crippen LogP contribution in [0.15, 0.2) is 83.8 Å². The summed E-state index contributed by atoms with van der Waals surface area (Å²) < 4.78 is 12.3. The lowest BCUT2D eigenvalue weighted by Crippen LogP contribution is -2.27. The van der Waals surface area contributed by atoms with Crippen molar-refractivity contribution >= 4 is 46.0 Å². The van der Waals surface area contributed by atoms with Crippen molar-refractivity contribution in [3.05, 3.63) is 94.9 Å². The van der Waals surface area contributed by atoms with Gasteiger partial charge in [-0.3, -0.25) is 9.69 Å². The first-order valence-electron chi connectivity index (χ1n) is 9.92. The van der Waals surface area contributed by atoms with Crippen LogP contribution >= 0.6 is 24.0 Å². The lowest BCUT2D eigenvalue weighted by molar-refractivity contribution is -0.113. The third kappa shape index (κ3) is 4.98. The summed E-state index contributed by atoms with van der Waals surface area (Å²) in [5.41, 5.74) is 2.70. The lowest BCUT2D eigenvalue weighted by atomic mass is 10.1. The van der Waals surface area contributed by atoms with Gasteiger partial charge in [0.05, 0.1) is 17.2 Å². The largest absolute Gasteiger partial charge is 0.490 e. The Morgan fingerprint density at radius 1 is 0.935 bits per heavy atom. The van der Waals surface area contributed by atoms with Gasteiger partial charge in [-0.2, -0.15) is 0 Å². The zero-order chi connectivity index (χ0) is 21.6. The van der Waals surface area contributed by atoms with Gasteiger partial charge < -0.3 is 9.47 Å². The Labute approximate surface area is 191 Å². The number of para-hydroxylation sites is 1. The molecule has 1 amide bonds. The van der Waals surface area contributed by atoms with Gasteiger partial charge in [0, 0.05) is 0 Å². The number of carbonyl (C=O) groups excluding carboxylic acids is 1. The molecule has 1 aliphatic rings. The number of amides is 1. The highest BCUT2D eigenvalue weighted by molar-refractivity contribution is 8.27. The molecule has 156 valence electrons. The zero-order valence-corrected chi connectivity index (χ0v) is 18.6. The first-order chi connectivity index (χ1) is 15.2. The smallest absolute Gasteiger partial charge is 0.270 e. The Morgan fingerprint density at radius 3 is 2.35 bits per heavy atom. The molecule has 3 aromatic carbocycles. The SMILES string of the molecule is CCOc1cc(C=C2SC(=S)N(c3ccccc3)C2=O)ccc1OCc1ccccc1. The van der Waals surface area contributed by atoms with Crippen LogP contribution in [0.1, 0.15) is 18.1 Å². The highest BCUT2D eigenvalue weighted by Crippen LogP contribution is 2.37. The molecule has 0 aliphatic carbocycles. The molecular formula is C25H21NO3S2. The third-order valence-electron chi connectivity index (χ3n) is 4.61. The minimum atomic E-state index is -0.122. The maximum absolute atomic E-state index is 13.0. The average molecular weight is 448 g/mol. The number of hydrogen-bond acceptors (Lipinski definition) is 5. The molecule has 3 aromatic rings. The van der Waals surface area contributed by atoms with Crippen molar-refractivity contribution in [2.45, 2.75) is 13.5 Å². The number of nitrogens with zero attached hydrogens (tertiary/aromatic N) is 1. The Kier molecular flexibility index (Phi) is 6.70. The molecule has 31 heavy (non-hydrogen) atoms. The van der Waals surface area contributed by atoms with E-state index in [4.69, 9.17) is 21.7 Å². The van der Waals surface area contributed by atoms with Crippen molar-refractivity contribution in [3.63, 3.8) is 0 Å². The van der Waals surface area contributed by atoms with E-state index in [-0.39, 0.29) is 5.91 Å². The fourth-order valence-electron chi connectivity index (χ4n) is 3.16. The van der Waals surface area contributed by atoms with Crippen molar-refractivity contribution in [3.8, 4) is 11.5 Å². The Hall–Kier alpha value is -3.09. The van der Waals surface area contributed by atoms with E-state index in [2.05, 4.69) is 0 Å². The van der Waals surface area contributed by atoms with Crippen LogP contribution in [-0.2, 0) is 11.4 Å². The monoisotopic (exact) mass is 447 g/mol. The summed E-state index contributed by atoms with van der Waals surface area (Å²) in [4.78, 5) is 15.1. The van der Waals surface area contributed by atoms with Crippen LogP contribution in [0.4, 0.5) is 5.69 Å². The second kappa shape index (κ2) is 9.81. The standard InChI is InChI=1S/C25H21NO3S2/c1-2-28-22-15-19(13-14-21(22)29-17-18-9-5-3-6-10-18)16-23-24(27)26(25(30)31-23)20-11-7-4-8-12-20/h3-16H,2,17H2,1H3. The first-order valence-corrected chi connectivity index (χ1v) is 11.1. The Balaban J connectivity index is 1.55. The van der Waals surface area contributed by atoms with E-state index in [1.54, 1.807) is 4.90 Å². The van der Waals surface area contributed by atoms with Crippen molar-refractivity contribution < 1.29 is 14.3 Å². The molecule has 0 bridgehead atoms. The van der Waals surface area contributed by atoms with Crippen LogP contribution in [0.2, 0.25) is 0 Å². The molecule has 1 heterocycles. The van der Waals surface area contributed by atoms with Crippen LogP contribution in [0, 0.1) is 0 Å². The summed E-state index contributed by atoms with van der Waals surface area (Å²) in [7, 11) is 0. The summed E-state index contributed by atoms with van der Waals surface area (Å²) in [6.07, 6.45) is 1.84. The highest BCUT2D eigenvalue weighted by atomic mass is 32.2. The van der Waals surface area contributed by atoms with Gasteiger partial charge in [-0.05, 0) is 48.4 Å². The molecule has 0 aromatic heterocycles. The first kappa shape index (κ1) is 21.2. The van der Waals surface area contributed by atoms with Crippen molar-refractivity contribution in [1.82, 2.24) is 0 Å². The summed E-state index contributed by atoms with van der Waals surface area (Å²) in [5.74, 6) is 1.19. The summed E-state index contributed by atoms with van der Waals surface area (Å²) >= 11 is 6.74. The van der Waals surface area contributed by atoms with E-state index in [1.807, 2.05) is 91.9 Å². The molecule has 0 radical (unpaired) electrons. The van der Waals surface area contributed by atoms with Crippen LogP contribution < -0.4 is 14.4 Å². The zero-order valence-electron chi connectivity index (χ0n) is 17.0. The van der Waals surface area contributed by atoms with Gasteiger partial charge in [-0.25, -0.2) is 0 Å². The summed E-state index contributed by atoms with van der Waals surface area (Å²) in [6.45, 7) is 2.90. The number of ether oxygens (including phenoxy) is 2. The predicted molar refractivity (Wildman–Crippen MR) is 130 cm³/mol. The third-order valence-corrected chi connectivity index (χ3v) is 5.91. The molecule has 0 N–H and O–H groups in total. The van der Waals surface area contributed by atoms with Gasteiger partial charge in [0.25, 0.3) is 5.91 Å². The number of anilines is 1. The van der Waals surface area contributed by atoms with Gasteiger partial charge in [0.1, 0.15) is 6.61 Å². The number of thiocarbonyl (C=S) groups is 1. The average Bonchev–Trinajstić information content (AvgIpc) is 3.07. The molecule has 0 unspecified atom stereocenters. The fourth-order valence-corrected chi connectivity index (χ4v) is 4.46. The second-order valence-corrected chi connectivity index (χ2v) is 8.44. The molecule has 6 heteroatoms.